The van der Waals surface area contributed by atoms with Crippen molar-refractivity contribution >= 4 is 41.8 Å². The summed E-state index contributed by atoms with van der Waals surface area (Å²) in [6.45, 7) is 4.72. The first-order valence-corrected chi connectivity index (χ1v) is 8.96. The maximum Gasteiger partial charge on any atom is 0.245 e. The number of benzene rings is 1. The van der Waals surface area contributed by atoms with Crippen molar-refractivity contribution in [1.82, 2.24) is 14.9 Å². The van der Waals surface area contributed by atoms with Crippen molar-refractivity contribution in [3.63, 3.8) is 0 Å². The molecule has 1 aromatic heterocycles. The highest BCUT2D eigenvalue weighted by Crippen LogP contribution is 2.31. The van der Waals surface area contributed by atoms with E-state index in [1.807, 2.05) is 0 Å². The van der Waals surface area contributed by atoms with Gasteiger partial charge in [0.25, 0.3) is 0 Å². The summed E-state index contributed by atoms with van der Waals surface area (Å²) in [5.41, 5.74) is 9.32. The van der Waals surface area contributed by atoms with Crippen LogP contribution in [0.1, 0.15) is 23.7 Å². The van der Waals surface area contributed by atoms with Crippen LogP contribution in [0.25, 0.3) is 17.0 Å². The Morgan fingerprint density at radius 3 is 2.76 bits per heavy atom. The van der Waals surface area contributed by atoms with Crippen molar-refractivity contribution < 1.29 is 9.18 Å². The monoisotopic (exact) mass is 507 g/mol. The zero-order chi connectivity index (χ0) is 20.1. The quantitative estimate of drug-likeness (QED) is 0.382. The standard InChI is InChI=1S/C21H22FN5O.HI/c1-3-19(28)27-11-9-15(13-27)20-21(17(23)8-10-24-2)26-18(12-25-20)14-4-6-16(22)7-5-14;/h3-8,10,12,15H,1,9,11,13,23H2,2H3;1H/b17-8-,24-10?;. The molecule has 1 aliphatic heterocycles. The number of rotatable bonds is 5. The Balaban J connectivity index is 0.00000300. The van der Waals surface area contributed by atoms with E-state index in [1.54, 1.807) is 42.6 Å². The van der Waals surface area contributed by atoms with Gasteiger partial charge in [-0.25, -0.2) is 9.37 Å². The van der Waals surface area contributed by atoms with Crippen molar-refractivity contribution in [3.8, 4) is 11.3 Å². The van der Waals surface area contributed by atoms with Gasteiger partial charge in [0, 0.05) is 37.8 Å². The smallest absolute Gasteiger partial charge is 0.245 e. The number of amides is 1. The van der Waals surface area contributed by atoms with Crippen molar-refractivity contribution in [2.75, 3.05) is 20.1 Å². The van der Waals surface area contributed by atoms with Gasteiger partial charge in [-0.2, -0.15) is 0 Å². The molecule has 6 nitrogen and oxygen atoms in total. The number of hydrogen-bond acceptors (Lipinski definition) is 5. The van der Waals surface area contributed by atoms with E-state index in [0.717, 1.165) is 17.7 Å². The van der Waals surface area contributed by atoms with Crippen molar-refractivity contribution in [2.24, 2.45) is 10.7 Å². The molecule has 0 aliphatic carbocycles. The Morgan fingerprint density at radius 2 is 2.10 bits per heavy atom. The van der Waals surface area contributed by atoms with Crippen LogP contribution in [-0.2, 0) is 4.79 Å². The first-order valence-electron chi connectivity index (χ1n) is 8.96. The van der Waals surface area contributed by atoms with E-state index in [2.05, 4.69) is 16.6 Å². The highest BCUT2D eigenvalue weighted by atomic mass is 127. The number of hydrogen-bond donors (Lipinski definition) is 1. The number of carbonyl (C=O) groups excluding carboxylic acids is 1. The fraction of sp³-hybridized carbons (Fsp3) is 0.238. The second-order valence-corrected chi connectivity index (χ2v) is 6.50. The molecule has 1 saturated heterocycles. The van der Waals surface area contributed by atoms with Crippen LogP contribution in [0.3, 0.4) is 0 Å². The summed E-state index contributed by atoms with van der Waals surface area (Å²) in [7, 11) is 1.65. The van der Waals surface area contributed by atoms with Crippen LogP contribution < -0.4 is 5.73 Å². The molecule has 2 aromatic rings. The van der Waals surface area contributed by atoms with Crippen LogP contribution in [-0.4, -0.2) is 47.1 Å². The molecule has 29 heavy (non-hydrogen) atoms. The fourth-order valence-electron chi connectivity index (χ4n) is 3.22. The molecule has 1 aromatic carbocycles. The number of nitrogens with zero attached hydrogens (tertiary/aromatic N) is 4. The minimum absolute atomic E-state index is 0. The van der Waals surface area contributed by atoms with Gasteiger partial charge in [0.15, 0.2) is 0 Å². The van der Waals surface area contributed by atoms with E-state index in [1.165, 1.54) is 18.2 Å². The summed E-state index contributed by atoms with van der Waals surface area (Å²) >= 11 is 0. The lowest BCUT2D eigenvalue weighted by Crippen LogP contribution is -2.26. The third kappa shape index (κ3) is 5.26. The largest absolute Gasteiger partial charge is 0.397 e. The average molecular weight is 507 g/mol. The highest BCUT2D eigenvalue weighted by molar-refractivity contribution is 14.0. The summed E-state index contributed by atoms with van der Waals surface area (Å²) < 4.78 is 13.2. The fourth-order valence-corrected chi connectivity index (χ4v) is 3.22. The second-order valence-electron chi connectivity index (χ2n) is 6.50. The third-order valence-electron chi connectivity index (χ3n) is 4.68. The molecule has 0 spiro atoms. The molecule has 152 valence electrons. The second kappa shape index (κ2) is 10.2. The van der Waals surface area contributed by atoms with Gasteiger partial charge < -0.3 is 10.6 Å². The maximum atomic E-state index is 13.2. The Morgan fingerprint density at radius 1 is 1.38 bits per heavy atom. The lowest BCUT2D eigenvalue weighted by atomic mass is 10.00. The van der Waals surface area contributed by atoms with Crippen LogP contribution in [0.15, 0.2) is 54.2 Å². The van der Waals surface area contributed by atoms with Crippen LogP contribution >= 0.6 is 24.0 Å². The van der Waals surface area contributed by atoms with Crippen LogP contribution in [0.2, 0.25) is 0 Å². The molecule has 0 radical (unpaired) electrons. The SMILES string of the molecule is C=CC(=O)N1CCC(c2ncc(-c3ccc(F)cc3)nc2/C(N)=C/C=NC)C1.I. The number of likely N-dealkylation sites (tertiary alicyclic amines) is 1. The lowest BCUT2D eigenvalue weighted by molar-refractivity contribution is -0.125. The van der Waals surface area contributed by atoms with Gasteiger partial charge in [-0.05, 0) is 42.8 Å². The molecular weight excluding hydrogens is 484 g/mol. The molecule has 1 aliphatic rings. The third-order valence-corrected chi connectivity index (χ3v) is 4.68. The number of aliphatic imine (C=N–C) groups is 1. The average Bonchev–Trinajstić information content (AvgIpc) is 3.21. The van der Waals surface area contributed by atoms with Crippen LogP contribution in [0.5, 0.6) is 0 Å². The number of carbonyl (C=O) groups is 1. The molecule has 1 atom stereocenters. The number of aromatic nitrogens is 2. The van der Waals surface area contributed by atoms with Gasteiger partial charge in [0.2, 0.25) is 5.91 Å². The molecule has 3 rings (SSSR count). The summed E-state index contributed by atoms with van der Waals surface area (Å²) in [6, 6.07) is 6.05. The van der Waals surface area contributed by atoms with E-state index in [-0.39, 0.29) is 41.6 Å². The van der Waals surface area contributed by atoms with E-state index in [9.17, 15) is 9.18 Å². The summed E-state index contributed by atoms with van der Waals surface area (Å²) in [5, 5.41) is 0. The van der Waals surface area contributed by atoms with Gasteiger partial charge in [-0.1, -0.05) is 6.58 Å². The molecule has 0 bridgehead atoms. The van der Waals surface area contributed by atoms with E-state index in [0.29, 0.717) is 30.2 Å². The molecule has 1 unspecified atom stereocenters. The Bertz CT molecular complexity index is 943. The molecule has 2 heterocycles. The zero-order valence-corrected chi connectivity index (χ0v) is 18.4. The predicted molar refractivity (Wildman–Crippen MR) is 124 cm³/mol. The van der Waals surface area contributed by atoms with Gasteiger partial charge >= 0.3 is 0 Å². The number of halogens is 2. The lowest BCUT2D eigenvalue weighted by Gasteiger charge is -2.17. The Hall–Kier alpha value is -2.62. The normalized spacial score (nSPS) is 16.7. The zero-order valence-electron chi connectivity index (χ0n) is 16.1. The minimum atomic E-state index is -0.315. The van der Waals surface area contributed by atoms with Gasteiger partial charge in [0.05, 0.1) is 23.3 Å². The molecule has 1 amide bonds. The van der Waals surface area contributed by atoms with Crippen LogP contribution in [0.4, 0.5) is 4.39 Å². The Kier molecular flexibility index (Phi) is 8.00. The summed E-state index contributed by atoms with van der Waals surface area (Å²) in [5.74, 6) is -0.384. The minimum Gasteiger partial charge on any atom is -0.397 e. The molecule has 2 N–H and O–H groups in total. The van der Waals surface area contributed by atoms with Crippen molar-refractivity contribution in [2.45, 2.75) is 12.3 Å². The highest BCUT2D eigenvalue weighted by Gasteiger charge is 2.30. The Labute approximate surface area is 186 Å². The van der Waals surface area contributed by atoms with E-state index in [4.69, 9.17) is 10.7 Å². The first-order chi connectivity index (χ1) is 13.5. The van der Waals surface area contributed by atoms with Crippen LogP contribution in [0, 0.1) is 5.82 Å². The molecule has 0 saturated carbocycles. The predicted octanol–water partition coefficient (Wildman–Crippen LogP) is 3.40. The molecular formula is C21H23FIN5O. The van der Waals surface area contributed by atoms with Gasteiger partial charge in [-0.15, -0.1) is 24.0 Å². The topological polar surface area (TPSA) is 84.5 Å². The van der Waals surface area contributed by atoms with Gasteiger partial charge in [0.1, 0.15) is 11.5 Å². The summed E-state index contributed by atoms with van der Waals surface area (Å²) in [6.07, 6.45) is 7.01. The van der Waals surface area contributed by atoms with E-state index < -0.39 is 0 Å². The van der Waals surface area contributed by atoms with E-state index >= 15 is 0 Å². The molecule has 8 heteroatoms. The van der Waals surface area contributed by atoms with Crippen molar-refractivity contribution in [3.05, 3.63) is 66.4 Å². The number of nitrogens with two attached hydrogens (primary N) is 1. The number of allylic oxidation sites excluding steroid dienone is 1. The van der Waals surface area contributed by atoms with Crippen molar-refractivity contribution in [1.29, 1.82) is 0 Å². The summed E-state index contributed by atoms with van der Waals surface area (Å²) in [4.78, 5) is 26.9. The maximum absolute atomic E-state index is 13.2. The molecule has 1 fully saturated rings. The first kappa shape index (κ1) is 22.7. The van der Waals surface area contributed by atoms with Gasteiger partial charge in [-0.3, -0.25) is 14.8 Å².